The van der Waals surface area contributed by atoms with Gasteiger partial charge in [-0.25, -0.2) is 4.79 Å². The summed E-state index contributed by atoms with van der Waals surface area (Å²) in [6, 6.07) is 11.2. The molecule has 1 atom stereocenters. The number of anilines is 1. The zero-order chi connectivity index (χ0) is 17.6. The number of carbonyl (C=O) groups is 2. The van der Waals surface area contributed by atoms with Crippen LogP contribution in [0.25, 0.3) is 0 Å². The van der Waals surface area contributed by atoms with Gasteiger partial charge in [0.25, 0.3) is 0 Å². The average Bonchev–Trinajstić information content (AvgIpc) is 3.28. The molecule has 2 heterocycles. The normalized spacial score (nSPS) is 16.8. The number of benzene rings is 1. The molecule has 3 rings (SSSR count). The number of carbonyl (C=O) groups excluding carboxylic acids is 2. The van der Waals surface area contributed by atoms with Gasteiger partial charge >= 0.3 is 6.03 Å². The van der Waals surface area contributed by atoms with E-state index in [1.54, 1.807) is 23.3 Å². The van der Waals surface area contributed by atoms with Crippen molar-refractivity contribution in [1.29, 1.82) is 0 Å². The lowest BCUT2D eigenvalue weighted by Gasteiger charge is -2.17. The molecule has 3 amide bonds. The molecule has 2 N–H and O–H groups in total. The van der Waals surface area contributed by atoms with Gasteiger partial charge in [-0.2, -0.15) is 0 Å². The van der Waals surface area contributed by atoms with E-state index in [0.717, 1.165) is 16.3 Å². The van der Waals surface area contributed by atoms with Crippen molar-refractivity contribution in [2.45, 2.75) is 13.0 Å². The Labute approximate surface area is 150 Å². The predicted octanol–water partition coefficient (Wildman–Crippen LogP) is 2.61. The average molecular weight is 359 g/mol. The maximum absolute atomic E-state index is 12.2. The first-order valence-electron chi connectivity index (χ1n) is 8.14. The second kappa shape index (κ2) is 8.02. The van der Waals surface area contributed by atoms with E-state index in [1.165, 1.54) is 0 Å². The Kier molecular flexibility index (Phi) is 5.55. The number of amides is 3. The highest BCUT2D eigenvalue weighted by molar-refractivity contribution is 7.09. The van der Waals surface area contributed by atoms with E-state index in [-0.39, 0.29) is 17.9 Å². The van der Waals surface area contributed by atoms with Crippen LogP contribution in [0.3, 0.4) is 0 Å². The molecular formula is C18H21N3O3S. The van der Waals surface area contributed by atoms with Gasteiger partial charge in [0.2, 0.25) is 5.91 Å². The highest BCUT2D eigenvalue weighted by Gasteiger charge is 2.30. The van der Waals surface area contributed by atoms with Gasteiger partial charge in [-0.05, 0) is 35.7 Å². The van der Waals surface area contributed by atoms with Crippen LogP contribution in [0, 0.1) is 5.92 Å². The van der Waals surface area contributed by atoms with E-state index in [9.17, 15) is 9.59 Å². The fourth-order valence-corrected chi connectivity index (χ4v) is 3.45. The van der Waals surface area contributed by atoms with Gasteiger partial charge in [0.1, 0.15) is 5.75 Å². The Morgan fingerprint density at radius 1 is 1.28 bits per heavy atom. The summed E-state index contributed by atoms with van der Waals surface area (Å²) in [5.41, 5.74) is 0.857. The number of rotatable bonds is 6. The monoisotopic (exact) mass is 359 g/mol. The third-order valence-corrected chi connectivity index (χ3v) is 5.02. The molecule has 1 aromatic carbocycles. The number of ether oxygens (including phenoxy) is 1. The Morgan fingerprint density at radius 2 is 2.08 bits per heavy atom. The van der Waals surface area contributed by atoms with Crippen LogP contribution in [-0.2, 0) is 11.3 Å². The quantitative estimate of drug-likeness (QED) is 0.833. The molecule has 2 aromatic rings. The maximum atomic E-state index is 12.2. The summed E-state index contributed by atoms with van der Waals surface area (Å²) < 4.78 is 5.14. The van der Waals surface area contributed by atoms with Gasteiger partial charge in [0, 0.05) is 36.0 Å². The topological polar surface area (TPSA) is 70.7 Å². The number of hydrogen-bond acceptors (Lipinski definition) is 4. The standard InChI is InChI=1S/C18H21N3O3S/c1-24-15-6-4-14(5-7-15)21-12-13(9-17(21)22)10-19-18(23)20-11-16-3-2-8-25-16/h2-8,13H,9-12H2,1H3,(H2,19,20,23)/t13-/m0/s1. The Morgan fingerprint density at radius 3 is 2.76 bits per heavy atom. The summed E-state index contributed by atoms with van der Waals surface area (Å²) in [5, 5.41) is 7.66. The Bertz CT molecular complexity index is 716. The van der Waals surface area contributed by atoms with Gasteiger partial charge in [-0.1, -0.05) is 6.07 Å². The molecule has 0 radical (unpaired) electrons. The van der Waals surface area contributed by atoms with Crippen LogP contribution in [0.4, 0.5) is 10.5 Å². The van der Waals surface area contributed by atoms with E-state index in [2.05, 4.69) is 10.6 Å². The second-order valence-electron chi connectivity index (χ2n) is 5.92. The number of nitrogens with one attached hydrogen (secondary N) is 2. The molecule has 0 spiro atoms. The summed E-state index contributed by atoms with van der Waals surface area (Å²) in [7, 11) is 1.61. The van der Waals surface area contributed by atoms with E-state index in [1.807, 2.05) is 41.8 Å². The molecule has 25 heavy (non-hydrogen) atoms. The van der Waals surface area contributed by atoms with Gasteiger partial charge in [-0.3, -0.25) is 4.79 Å². The van der Waals surface area contributed by atoms with E-state index in [0.29, 0.717) is 26.1 Å². The van der Waals surface area contributed by atoms with Crippen LogP contribution in [-0.4, -0.2) is 32.1 Å². The molecule has 0 aliphatic carbocycles. The summed E-state index contributed by atoms with van der Waals surface area (Å²) in [6.07, 6.45) is 0.442. The predicted molar refractivity (Wildman–Crippen MR) is 98.0 cm³/mol. The number of hydrogen-bond donors (Lipinski definition) is 2. The van der Waals surface area contributed by atoms with Gasteiger partial charge in [-0.15, -0.1) is 11.3 Å². The molecule has 1 aromatic heterocycles. The van der Waals surface area contributed by atoms with Crippen LogP contribution in [0.5, 0.6) is 5.75 Å². The molecule has 1 saturated heterocycles. The number of thiophene rings is 1. The molecule has 0 saturated carbocycles. The SMILES string of the molecule is COc1ccc(N2C[C@H](CNC(=O)NCc3cccs3)CC2=O)cc1. The summed E-state index contributed by atoms with van der Waals surface area (Å²) in [6.45, 7) is 1.61. The van der Waals surface area contributed by atoms with Gasteiger partial charge in [0.05, 0.1) is 13.7 Å². The number of nitrogens with zero attached hydrogens (tertiary/aromatic N) is 1. The molecule has 132 valence electrons. The lowest BCUT2D eigenvalue weighted by atomic mass is 10.1. The lowest BCUT2D eigenvalue weighted by Crippen LogP contribution is -2.38. The molecule has 7 heteroatoms. The Balaban J connectivity index is 1.46. The highest BCUT2D eigenvalue weighted by Crippen LogP contribution is 2.26. The van der Waals surface area contributed by atoms with Crippen molar-refractivity contribution in [3.63, 3.8) is 0 Å². The molecule has 6 nitrogen and oxygen atoms in total. The van der Waals surface area contributed by atoms with Crippen molar-refractivity contribution < 1.29 is 14.3 Å². The van der Waals surface area contributed by atoms with E-state index >= 15 is 0 Å². The molecule has 0 unspecified atom stereocenters. The third kappa shape index (κ3) is 4.51. The maximum Gasteiger partial charge on any atom is 0.315 e. The Hall–Kier alpha value is -2.54. The summed E-state index contributed by atoms with van der Waals surface area (Å²) in [5.74, 6) is 0.953. The van der Waals surface area contributed by atoms with E-state index < -0.39 is 0 Å². The minimum atomic E-state index is -0.205. The minimum Gasteiger partial charge on any atom is -0.497 e. The first kappa shape index (κ1) is 17.3. The number of urea groups is 1. The van der Waals surface area contributed by atoms with E-state index in [4.69, 9.17) is 4.74 Å². The van der Waals surface area contributed by atoms with Crippen LogP contribution >= 0.6 is 11.3 Å². The number of methoxy groups -OCH3 is 1. The second-order valence-corrected chi connectivity index (χ2v) is 6.95. The smallest absolute Gasteiger partial charge is 0.315 e. The third-order valence-electron chi connectivity index (χ3n) is 4.14. The van der Waals surface area contributed by atoms with Crippen LogP contribution in [0.15, 0.2) is 41.8 Å². The van der Waals surface area contributed by atoms with Gasteiger partial charge in [0.15, 0.2) is 0 Å². The van der Waals surface area contributed by atoms with Gasteiger partial charge < -0.3 is 20.3 Å². The van der Waals surface area contributed by atoms with Crippen LogP contribution < -0.4 is 20.3 Å². The summed E-state index contributed by atoms with van der Waals surface area (Å²) >= 11 is 1.61. The van der Waals surface area contributed by atoms with Crippen molar-refractivity contribution in [3.05, 3.63) is 46.7 Å². The first-order chi connectivity index (χ1) is 12.2. The highest BCUT2D eigenvalue weighted by atomic mass is 32.1. The molecule has 1 fully saturated rings. The molecule has 0 bridgehead atoms. The van der Waals surface area contributed by atoms with Crippen LogP contribution in [0.1, 0.15) is 11.3 Å². The summed E-state index contributed by atoms with van der Waals surface area (Å²) in [4.78, 5) is 27.0. The van der Waals surface area contributed by atoms with Crippen molar-refractivity contribution in [2.24, 2.45) is 5.92 Å². The van der Waals surface area contributed by atoms with Crippen molar-refractivity contribution in [1.82, 2.24) is 10.6 Å². The van der Waals surface area contributed by atoms with Crippen molar-refractivity contribution >= 4 is 29.0 Å². The fraction of sp³-hybridized carbons (Fsp3) is 0.333. The molecule has 1 aliphatic rings. The fourth-order valence-electron chi connectivity index (χ4n) is 2.81. The minimum absolute atomic E-state index is 0.0796. The van der Waals surface area contributed by atoms with Crippen LogP contribution in [0.2, 0.25) is 0 Å². The lowest BCUT2D eigenvalue weighted by molar-refractivity contribution is -0.117. The van der Waals surface area contributed by atoms with Crippen molar-refractivity contribution in [2.75, 3.05) is 25.1 Å². The largest absolute Gasteiger partial charge is 0.497 e. The molecular weight excluding hydrogens is 338 g/mol. The zero-order valence-corrected chi connectivity index (χ0v) is 14.8. The van der Waals surface area contributed by atoms with Crippen molar-refractivity contribution in [3.8, 4) is 5.75 Å². The zero-order valence-electron chi connectivity index (χ0n) is 14.0. The molecule has 1 aliphatic heterocycles. The first-order valence-corrected chi connectivity index (χ1v) is 9.02.